The number of anilines is 1. The summed E-state index contributed by atoms with van der Waals surface area (Å²) < 4.78 is 5.29. The fourth-order valence-electron chi connectivity index (χ4n) is 3.76. The van der Waals surface area contributed by atoms with E-state index in [-0.39, 0.29) is 19.7 Å². The van der Waals surface area contributed by atoms with Crippen molar-refractivity contribution in [1.82, 2.24) is 25.5 Å². The van der Waals surface area contributed by atoms with Gasteiger partial charge in [0.05, 0.1) is 13.0 Å². The lowest BCUT2D eigenvalue weighted by molar-refractivity contribution is -0.143. The van der Waals surface area contributed by atoms with Crippen LogP contribution in [0.15, 0.2) is 24.3 Å². The first-order chi connectivity index (χ1) is 18.0. The van der Waals surface area contributed by atoms with Gasteiger partial charge >= 0.3 is 6.09 Å². The quantitative estimate of drug-likeness (QED) is 0.199. The van der Waals surface area contributed by atoms with E-state index in [1.165, 1.54) is 9.80 Å². The van der Waals surface area contributed by atoms with Crippen molar-refractivity contribution in [2.45, 2.75) is 38.0 Å². The van der Waals surface area contributed by atoms with Crippen LogP contribution in [0.5, 0.6) is 0 Å². The van der Waals surface area contributed by atoms with Gasteiger partial charge in [0.2, 0.25) is 23.6 Å². The summed E-state index contributed by atoms with van der Waals surface area (Å²) in [6, 6.07) is 4.64. The lowest BCUT2D eigenvalue weighted by Crippen LogP contribution is -2.53. The molecule has 0 bridgehead atoms. The molecule has 1 saturated heterocycles. The Hall–Kier alpha value is -3.75. The van der Waals surface area contributed by atoms with Crippen LogP contribution in [0.2, 0.25) is 0 Å². The predicted octanol–water partition coefficient (Wildman–Crippen LogP) is -0.915. The highest BCUT2D eigenvalue weighted by Crippen LogP contribution is 2.19. The molecule has 1 heterocycles. The number of hydrogen-bond donors (Lipinski definition) is 5. The summed E-state index contributed by atoms with van der Waals surface area (Å²) in [5, 5.41) is 14.4. The molecule has 0 aromatic heterocycles. The van der Waals surface area contributed by atoms with E-state index in [0.29, 0.717) is 25.1 Å². The zero-order chi connectivity index (χ0) is 28.2. The first-order valence-electron chi connectivity index (χ1n) is 12.2. The molecular weight excluding hydrogens is 498 g/mol. The second-order valence-electron chi connectivity index (χ2n) is 9.28. The molecule has 0 saturated carbocycles. The van der Waals surface area contributed by atoms with Crippen LogP contribution in [0.25, 0.3) is 0 Å². The lowest BCUT2D eigenvalue weighted by Gasteiger charge is -2.27. The number of nitrogens with zero attached hydrogens (tertiary/aromatic N) is 3. The molecule has 2 atom stereocenters. The Morgan fingerprint density at radius 2 is 1.82 bits per heavy atom. The summed E-state index contributed by atoms with van der Waals surface area (Å²) in [7, 11) is 5.50. The number of nitrogens with two attached hydrogens (primary N) is 1. The first-order valence-corrected chi connectivity index (χ1v) is 12.2. The van der Waals surface area contributed by atoms with Crippen molar-refractivity contribution in [2.24, 2.45) is 5.73 Å². The molecule has 1 aromatic rings. The van der Waals surface area contributed by atoms with Gasteiger partial charge in [-0.1, -0.05) is 12.1 Å². The first kappa shape index (κ1) is 30.5. The second-order valence-corrected chi connectivity index (χ2v) is 9.28. The van der Waals surface area contributed by atoms with Gasteiger partial charge in [0.25, 0.3) is 0 Å². The largest absolute Gasteiger partial charge is 0.445 e. The zero-order valence-corrected chi connectivity index (χ0v) is 21.9. The minimum Gasteiger partial charge on any atom is -0.445 e. The zero-order valence-electron chi connectivity index (χ0n) is 21.9. The monoisotopic (exact) mass is 535 g/mol. The van der Waals surface area contributed by atoms with Gasteiger partial charge in [0.15, 0.2) is 0 Å². The van der Waals surface area contributed by atoms with Crippen molar-refractivity contribution < 1.29 is 33.9 Å². The Kier molecular flexibility index (Phi) is 11.9. The van der Waals surface area contributed by atoms with Crippen molar-refractivity contribution in [3.63, 3.8) is 0 Å². The Morgan fingerprint density at radius 3 is 2.42 bits per heavy atom. The van der Waals surface area contributed by atoms with Crippen LogP contribution in [0.1, 0.15) is 24.8 Å². The molecule has 5 amide bonds. The molecule has 2 unspecified atom stereocenters. The maximum absolute atomic E-state index is 12.6. The fourth-order valence-corrected chi connectivity index (χ4v) is 3.76. The number of carbonyl (C=O) groups excluding carboxylic acids is 5. The molecule has 210 valence electrons. The van der Waals surface area contributed by atoms with Gasteiger partial charge in [-0.25, -0.2) is 4.79 Å². The highest BCUT2D eigenvalue weighted by atomic mass is 16.6. The molecule has 14 nitrogen and oxygen atoms in total. The summed E-state index contributed by atoms with van der Waals surface area (Å²) in [6.45, 7) is 1.29. The number of ether oxygens (including phenoxy) is 1. The molecule has 0 spiro atoms. The van der Waals surface area contributed by atoms with Gasteiger partial charge in [0.1, 0.15) is 18.7 Å². The Balaban J connectivity index is 1.79. The molecule has 6 N–H and O–H groups in total. The second kappa shape index (κ2) is 14.9. The van der Waals surface area contributed by atoms with Crippen LogP contribution >= 0.6 is 0 Å². The van der Waals surface area contributed by atoms with E-state index < -0.39 is 48.2 Å². The van der Waals surface area contributed by atoms with Gasteiger partial charge < -0.3 is 41.0 Å². The summed E-state index contributed by atoms with van der Waals surface area (Å²) in [6.07, 6.45) is 0.0837. The maximum Gasteiger partial charge on any atom is 0.409 e. The molecule has 38 heavy (non-hydrogen) atoms. The van der Waals surface area contributed by atoms with Crippen LogP contribution in [0.4, 0.5) is 10.5 Å². The van der Waals surface area contributed by atoms with E-state index in [4.69, 9.17) is 10.5 Å². The third-order valence-electron chi connectivity index (χ3n) is 5.92. The summed E-state index contributed by atoms with van der Waals surface area (Å²) >= 11 is 0. The van der Waals surface area contributed by atoms with Crippen LogP contribution < -0.4 is 21.8 Å². The average Bonchev–Trinajstić information content (AvgIpc) is 3.38. The molecule has 0 aliphatic carbocycles. The van der Waals surface area contributed by atoms with E-state index in [1.807, 2.05) is 19.0 Å². The number of carbonyl (C=O) groups is 5. The number of primary amides is 1. The van der Waals surface area contributed by atoms with Crippen LogP contribution in [0.3, 0.4) is 0 Å². The molecule has 1 aliphatic rings. The summed E-state index contributed by atoms with van der Waals surface area (Å²) in [4.78, 5) is 65.5. The number of amides is 5. The lowest BCUT2D eigenvalue weighted by atomic mass is 10.1. The standard InChI is InChI=1S/C24H37N7O7/c1-29(2)11-12-30(3)24(36)38-15-16-6-8-17(9-7-16)27-21(33)14-26-22(34)19-5-4-10-31(19)23(35)18(28-37)13-20(25)32/h6-9,18-19,28,37H,4-5,10-15H2,1-3H3,(H2,25,32)(H,26,34)(H,27,33). The molecule has 2 rings (SSSR count). The molecule has 14 heteroatoms. The SMILES string of the molecule is CN(C)CCN(C)C(=O)OCc1ccc(NC(=O)CNC(=O)C2CCCN2C(=O)C(CC(N)=O)NO)cc1. The molecule has 0 radical (unpaired) electrons. The topological polar surface area (TPSA) is 187 Å². The van der Waals surface area contributed by atoms with E-state index in [1.54, 1.807) is 36.8 Å². The Labute approximate surface area is 221 Å². The average molecular weight is 536 g/mol. The number of likely N-dealkylation sites (N-methyl/N-ethyl adjacent to an activating group) is 2. The highest BCUT2D eigenvalue weighted by molar-refractivity contribution is 5.97. The minimum atomic E-state index is -1.25. The van der Waals surface area contributed by atoms with Gasteiger partial charge in [-0.3, -0.25) is 19.2 Å². The number of hydrogen-bond acceptors (Lipinski definition) is 9. The van der Waals surface area contributed by atoms with Crippen LogP contribution in [0, 0.1) is 0 Å². The third-order valence-corrected chi connectivity index (χ3v) is 5.92. The molecule has 1 aromatic carbocycles. The van der Waals surface area contributed by atoms with Crippen molar-refractivity contribution in [3.05, 3.63) is 29.8 Å². The van der Waals surface area contributed by atoms with Crippen molar-refractivity contribution >= 4 is 35.4 Å². The van der Waals surface area contributed by atoms with E-state index in [9.17, 15) is 29.2 Å². The van der Waals surface area contributed by atoms with Crippen LogP contribution in [-0.2, 0) is 30.5 Å². The van der Waals surface area contributed by atoms with Gasteiger partial charge in [-0.05, 0) is 44.6 Å². The maximum atomic E-state index is 12.6. The van der Waals surface area contributed by atoms with Crippen molar-refractivity contribution in [1.29, 1.82) is 0 Å². The minimum absolute atomic E-state index is 0.0815. The number of nitrogens with one attached hydrogen (secondary N) is 3. The number of hydroxylamine groups is 1. The fraction of sp³-hybridized carbons (Fsp3) is 0.542. The third kappa shape index (κ3) is 9.61. The van der Waals surface area contributed by atoms with Crippen molar-refractivity contribution in [2.75, 3.05) is 52.6 Å². The summed E-state index contributed by atoms with van der Waals surface area (Å²) in [5.74, 6) is -2.40. The van der Waals surface area contributed by atoms with E-state index in [0.717, 1.165) is 12.1 Å². The van der Waals surface area contributed by atoms with E-state index in [2.05, 4.69) is 10.6 Å². The Morgan fingerprint density at radius 1 is 1.13 bits per heavy atom. The normalized spacial score (nSPS) is 15.6. The smallest absolute Gasteiger partial charge is 0.409 e. The Bertz CT molecular complexity index is 987. The predicted molar refractivity (Wildman–Crippen MR) is 137 cm³/mol. The highest BCUT2D eigenvalue weighted by Gasteiger charge is 2.37. The number of rotatable bonds is 13. The van der Waals surface area contributed by atoms with Gasteiger partial charge in [0, 0.05) is 32.4 Å². The van der Waals surface area contributed by atoms with Crippen LogP contribution in [-0.4, -0.2) is 109 Å². The van der Waals surface area contributed by atoms with Crippen molar-refractivity contribution in [3.8, 4) is 0 Å². The van der Waals surface area contributed by atoms with E-state index >= 15 is 0 Å². The van der Waals surface area contributed by atoms with Gasteiger partial charge in [-0.15, -0.1) is 0 Å². The molecular formula is C24H37N7O7. The molecule has 1 fully saturated rings. The number of benzene rings is 1. The molecule has 1 aliphatic heterocycles. The number of likely N-dealkylation sites (tertiary alicyclic amines) is 1. The summed E-state index contributed by atoms with van der Waals surface area (Å²) in [5.41, 5.74) is 8.09. The van der Waals surface area contributed by atoms with Gasteiger partial charge in [-0.2, -0.15) is 5.48 Å².